The molecule has 0 saturated carbocycles. The smallest absolute Gasteiger partial charge is 0.254 e. The minimum Gasteiger partial charge on any atom is -0.493 e. The van der Waals surface area contributed by atoms with E-state index in [2.05, 4.69) is 33.0 Å². The van der Waals surface area contributed by atoms with Crippen LogP contribution >= 0.6 is 0 Å². The summed E-state index contributed by atoms with van der Waals surface area (Å²) in [6, 6.07) is 15.3. The molecule has 0 aromatic heterocycles. The third kappa shape index (κ3) is 9.75. The van der Waals surface area contributed by atoms with Crippen LogP contribution < -0.4 is 14.8 Å². The lowest BCUT2D eigenvalue weighted by atomic mass is 9.93. The van der Waals surface area contributed by atoms with Gasteiger partial charge < -0.3 is 29.3 Å². The van der Waals surface area contributed by atoms with Crippen LogP contribution in [0.1, 0.15) is 50.0 Å². The first kappa shape index (κ1) is 32.4. The maximum absolute atomic E-state index is 13.8. The van der Waals surface area contributed by atoms with Gasteiger partial charge in [0.05, 0.1) is 20.1 Å². The zero-order valence-corrected chi connectivity index (χ0v) is 25.7. The van der Waals surface area contributed by atoms with E-state index < -0.39 is 0 Å². The number of hydrogen-bond donors (Lipinski definition) is 1. The van der Waals surface area contributed by atoms with E-state index in [0.717, 1.165) is 31.6 Å². The zero-order chi connectivity index (χ0) is 29.8. The maximum Gasteiger partial charge on any atom is 0.254 e. The summed E-state index contributed by atoms with van der Waals surface area (Å²) in [6.45, 7) is 13.2. The highest BCUT2D eigenvalue weighted by Crippen LogP contribution is 2.30. The molecule has 2 amide bonds. The van der Waals surface area contributed by atoms with Gasteiger partial charge in [-0.25, -0.2) is 0 Å². The van der Waals surface area contributed by atoms with Gasteiger partial charge >= 0.3 is 0 Å². The molecule has 1 aliphatic heterocycles. The van der Waals surface area contributed by atoms with Crippen LogP contribution in [0.3, 0.4) is 0 Å². The van der Waals surface area contributed by atoms with Crippen LogP contribution in [0, 0.1) is 17.8 Å². The Morgan fingerprint density at radius 1 is 0.927 bits per heavy atom. The Balaban J connectivity index is 1.72. The predicted octanol–water partition coefficient (Wildman–Crippen LogP) is 4.52. The first-order valence-corrected chi connectivity index (χ1v) is 14.9. The standard InChI is InChI=1S/C33H49N3O5/c1-24(2)21-35(32(37)17-26-11-8-7-9-12-26)22-28-19-34-20-29(28)23-36(25(3)4)33(38)27-13-14-30(40-6)31(18-27)41-16-10-15-39-5/h7-9,11-14,18,24-25,28-29,34H,10,15-17,19-23H2,1-6H3/t28-,29-/m0/s1. The van der Waals surface area contributed by atoms with Gasteiger partial charge in [-0.05, 0) is 55.4 Å². The van der Waals surface area contributed by atoms with Crippen molar-refractivity contribution in [2.24, 2.45) is 17.8 Å². The molecule has 2 aromatic carbocycles. The average molecular weight is 568 g/mol. The Morgan fingerprint density at radius 3 is 2.27 bits per heavy atom. The molecule has 2 aromatic rings. The largest absolute Gasteiger partial charge is 0.493 e. The number of nitrogens with one attached hydrogen (secondary N) is 1. The lowest BCUT2D eigenvalue weighted by molar-refractivity contribution is -0.131. The van der Waals surface area contributed by atoms with Gasteiger partial charge in [-0.1, -0.05) is 44.2 Å². The van der Waals surface area contributed by atoms with Crippen LogP contribution in [-0.2, 0) is 16.0 Å². The molecule has 0 radical (unpaired) electrons. The number of rotatable bonds is 16. The fourth-order valence-electron chi connectivity index (χ4n) is 5.35. The summed E-state index contributed by atoms with van der Waals surface area (Å²) < 4.78 is 16.5. The van der Waals surface area contributed by atoms with E-state index >= 15 is 0 Å². The average Bonchev–Trinajstić information content (AvgIpc) is 3.39. The minimum absolute atomic E-state index is 0.0170. The monoisotopic (exact) mass is 567 g/mol. The van der Waals surface area contributed by atoms with Crippen molar-refractivity contribution in [1.29, 1.82) is 0 Å². The molecule has 8 nitrogen and oxygen atoms in total. The van der Waals surface area contributed by atoms with Gasteiger partial charge in [0.25, 0.3) is 5.91 Å². The Kier molecular flexibility index (Phi) is 12.9. The Labute approximate surface area is 246 Å². The molecule has 1 heterocycles. The number of benzene rings is 2. The third-order valence-corrected chi connectivity index (χ3v) is 7.55. The summed E-state index contributed by atoms with van der Waals surface area (Å²) in [7, 11) is 3.26. The fourth-order valence-corrected chi connectivity index (χ4v) is 5.35. The molecule has 0 bridgehead atoms. The highest BCUT2D eigenvalue weighted by molar-refractivity contribution is 5.95. The van der Waals surface area contributed by atoms with Gasteiger partial charge in [-0.2, -0.15) is 0 Å². The van der Waals surface area contributed by atoms with Crippen LogP contribution in [0.2, 0.25) is 0 Å². The Morgan fingerprint density at radius 2 is 1.63 bits per heavy atom. The molecule has 226 valence electrons. The molecule has 1 saturated heterocycles. The van der Waals surface area contributed by atoms with Crippen LogP contribution in [0.4, 0.5) is 0 Å². The number of carbonyl (C=O) groups is 2. The van der Waals surface area contributed by atoms with Crippen molar-refractivity contribution >= 4 is 11.8 Å². The minimum atomic E-state index is -0.0331. The Hall–Kier alpha value is -3.10. The van der Waals surface area contributed by atoms with Crippen molar-refractivity contribution < 1.29 is 23.8 Å². The van der Waals surface area contributed by atoms with Crippen molar-refractivity contribution in [2.75, 3.05) is 60.2 Å². The highest BCUT2D eigenvalue weighted by atomic mass is 16.5. The van der Waals surface area contributed by atoms with Crippen molar-refractivity contribution in [2.45, 2.75) is 46.6 Å². The summed E-state index contributed by atoms with van der Waals surface area (Å²) in [4.78, 5) is 31.2. The molecule has 1 N–H and O–H groups in total. The summed E-state index contributed by atoms with van der Waals surface area (Å²) in [5, 5.41) is 3.53. The van der Waals surface area contributed by atoms with Gasteiger partial charge in [0, 0.05) is 64.5 Å². The molecular formula is C33H49N3O5. The number of amides is 2. The van der Waals surface area contributed by atoms with Crippen molar-refractivity contribution in [1.82, 2.24) is 15.1 Å². The first-order chi connectivity index (χ1) is 19.7. The van der Waals surface area contributed by atoms with Gasteiger partial charge in [-0.15, -0.1) is 0 Å². The van der Waals surface area contributed by atoms with Crippen LogP contribution in [-0.4, -0.2) is 87.8 Å². The zero-order valence-electron chi connectivity index (χ0n) is 25.7. The van der Waals surface area contributed by atoms with Crippen molar-refractivity contribution in [3.05, 3.63) is 59.7 Å². The third-order valence-electron chi connectivity index (χ3n) is 7.55. The van der Waals surface area contributed by atoms with E-state index in [9.17, 15) is 9.59 Å². The van der Waals surface area contributed by atoms with Crippen LogP contribution in [0.15, 0.2) is 48.5 Å². The van der Waals surface area contributed by atoms with Gasteiger partial charge in [0.2, 0.25) is 5.91 Å². The van der Waals surface area contributed by atoms with E-state index in [1.54, 1.807) is 32.4 Å². The normalized spacial score (nSPS) is 16.7. The van der Waals surface area contributed by atoms with Gasteiger partial charge in [-0.3, -0.25) is 9.59 Å². The van der Waals surface area contributed by atoms with E-state index in [1.807, 2.05) is 40.1 Å². The summed E-state index contributed by atoms with van der Waals surface area (Å²) in [5.41, 5.74) is 1.61. The molecule has 1 fully saturated rings. The second-order valence-corrected chi connectivity index (χ2v) is 11.6. The lowest BCUT2D eigenvalue weighted by Crippen LogP contribution is -2.45. The van der Waals surface area contributed by atoms with E-state index in [1.165, 1.54) is 0 Å². The molecule has 0 spiro atoms. The van der Waals surface area contributed by atoms with Crippen molar-refractivity contribution in [3.8, 4) is 11.5 Å². The molecular weight excluding hydrogens is 518 g/mol. The molecule has 0 unspecified atom stereocenters. The highest BCUT2D eigenvalue weighted by Gasteiger charge is 2.34. The SMILES string of the molecule is COCCCOc1cc(C(=O)N(C[C@@H]2CNC[C@H]2CN(CC(C)C)C(=O)Cc2ccccc2)C(C)C)ccc1OC. The van der Waals surface area contributed by atoms with Gasteiger partial charge in [0.15, 0.2) is 11.5 Å². The predicted molar refractivity (Wildman–Crippen MR) is 163 cm³/mol. The molecule has 2 atom stereocenters. The number of methoxy groups -OCH3 is 2. The quantitative estimate of drug-likeness (QED) is 0.301. The first-order valence-electron chi connectivity index (χ1n) is 14.9. The van der Waals surface area contributed by atoms with E-state index in [0.29, 0.717) is 55.7 Å². The second-order valence-electron chi connectivity index (χ2n) is 11.6. The number of nitrogens with zero attached hydrogens (tertiary/aromatic N) is 2. The van der Waals surface area contributed by atoms with Crippen molar-refractivity contribution in [3.63, 3.8) is 0 Å². The summed E-state index contributed by atoms with van der Waals surface area (Å²) in [6.07, 6.45) is 1.15. The fraction of sp³-hybridized carbons (Fsp3) is 0.576. The second kappa shape index (κ2) is 16.4. The summed E-state index contributed by atoms with van der Waals surface area (Å²) >= 11 is 0. The molecule has 8 heteroatoms. The lowest BCUT2D eigenvalue weighted by Gasteiger charge is -2.34. The number of hydrogen-bond acceptors (Lipinski definition) is 6. The van der Waals surface area contributed by atoms with Crippen LogP contribution in [0.25, 0.3) is 0 Å². The number of carbonyl (C=O) groups excluding carboxylic acids is 2. The van der Waals surface area contributed by atoms with Gasteiger partial charge in [0.1, 0.15) is 0 Å². The Bertz CT molecular complexity index is 1090. The molecule has 1 aliphatic rings. The molecule has 0 aliphatic carbocycles. The van der Waals surface area contributed by atoms with Crippen LogP contribution in [0.5, 0.6) is 11.5 Å². The summed E-state index contributed by atoms with van der Waals surface area (Å²) in [5.74, 6) is 2.15. The van der Waals surface area contributed by atoms with E-state index in [-0.39, 0.29) is 29.7 Å². The topological polar surface area (TPSA) is 80.3 Å². The molecule has 3 rings (SSSR count). The molecule has 41 heavy (non-hydrogen) atoms. The number of ether oxygens (including phenoxy) is 3. The van der Waals surface area contributed by atoms with E-state index in [4.69, 9.17) is 14.2 Å². The maximum atomic E-state index is 13.8.